The van der Waals surface area contributed by atoms with Gasteiger partial charge in [-0.2, -0.15) is 0 Å². The van der Waals surface area contributed by atoms with E-state index in [1.165, 1.54) is 24.8 Å². The van der Waals surface area contributed by atoms with Gasteiger partial charge in [0.15, 0.2) is 0 Å². The topological polar surface area (TPSA) is 53.6 Å². The van der Waals surface area contributed by atoms with Gasteiger partial charge in [0.2, 0.25) is 0 Å². The third-order valence-corrected chi connectivity index (χ3v) is 4.98. The zero-order valence-corrected chi connectivity index (χ0v) is 16.5. The van der Waals surface area contributed by atoms with E-state index in [9.17, 15) is 4.79 Å². The van der Waals surface area contributed by atoms with Gasteiger partial charge in [-0.3, -0.25) is 0 Å². The lowest BCUT2D eigenvalue weighted by molar-refractivity contribution is 0.204. The van der Waals surface area contributed by atoms with Crippen LogP contribution >= 0.6 is 0 Å². The minimum absolute atomic E-state index is 0.00743. The lowest BCUT2D eigenvalue weighted by Crippen LogP contribution is -2.48. The highest BCUT2D eigenvalue weighted by atomic mass is 16.5. The number of carbonyl (C=O) groups is 1. The molecule has 2 amide bonds. The molecule has 5 nitrogen and oxygen atoms in total. The van der Waals surface area contributed by atoms with Crippen LogP contribution in [0, 0.1) is 0 Å². The Balaban J connectivity index is 1.27. The van der Waals surface area contributed by atoms with Crippen LogP contribution in [0.4, 0.5) is 10.5 Å². The Bertz CT molecular complexity index is 698. The molecule has 2 aromatic rings. The predicted octanol–water partition coefficient (Wildman–Crippen LogP) is 4.31. The van der Waals surface area contributed by atoms with Crippen molar-refractivity contribution in [1.29, 1.82) is 0 Å². The molecule has 28 heavy (non-hydrogen) atoms. The number of anilines is 1. The van der Waals surface area contributed by atoms with Gasteiger partial charge in [0.1, 0.15) is 5.75 Å². The average molecular weight is 382 g/mol. The summed E-state index contributed by atoms with van der Waals surface area (Å²) in [5, 5.41) is 6.24. The maximum Gasteiger partial charge on any atom is 0.321 e. The number of hydrogen-bond acceptors (Lipinski definition) is 3. The van der Waals surface area contributed by atoms with Crippen molar-refractivity contribution in [3.63, 3.8) is 0 Å². The molecule has 0 unspecified atom stereocenters. The van der Waals surface area contributed by atoms with E-state index in [1.54, 1.807) is 0 Å². The Labute approximate surface area is 168 Å². The van der Waals surface area contributed by atoms with Crippen LogP contribution in [-0.4, -0.2) is 43.7 Å². The molecule has 0 atom stereocenters. The molecule has 5 heteroatoms. The van der Waals surface area contributed by atoms with Crippen molar-refractivity contribution in [1.82, 2.24) is 10.2 Å². The Morgan fingerprint density at radius 2 is 1.64 bits per heavy atom. The van der Waals surface area contributed by atoms with Crippen LogP contribution in [0.5, 0.6) is 5.75 Å². The fourth-order valence-corrected chi connectivity index (χ4v) is 3.32. The molecule has 0 radical (unpaired) electrons. The number of rotatable bonds is 9. The van der Waals surface area contributed by atoms with Crippen molar-refractivity contribution >= 4 is 11.7 Å². The number of carbonyl (C=O) groups excluding carboxylic acids is 1. The van der Waals surface area contributed by atoms with Crippen molar-refractivity contribution < 1.29 is 9.53 Å². The second kappa shape index (κ2) is 11.3. The van der Waals surface area contributed by atoms with Gasteiger partial charge in [0.25, 0.3) is 0 Å². The van der Waals surface area contributed by atoms with Gasteiger partial charge in [-0.15, -0.1) is 0 Å². The normalized spacial score (nSPS) is 13.9. The van der Waals surface area contributed by atoms with Gasteiger partial charge in [-0.25, -0.2) is 4.79 Å². The van der Waals surface area contributed by atoms with Crippen molar-refractivity contribution in [2.45, 2.75) is 32.1 Å². The Kier molecular flexibility index (Phi) is 8.19. The number of nitrogens with one attached hydrogen (secondary N) is 2. The van der Waals surface area contributed by atoms with Crippen molar-refractivity contribution in [3.05, 3.63) is 60.2 Å². The van der Waals surface area contributed by atoms with E-state index in [1.807, 2.05) is 47.4 Å². The summed E-state index contributed by atoms with van der Waals surface area (Å²) in [5.74, 6) is 0.951. The van der Waals surface area contributed by atoms with Crippen LogP contribution in [0.3, 0.4) is 0 Å². The number of nitrogens with zero attached hydrogens (tertiary/aromatic N) is 1. The Morgan fingerprint density at radius 1 is 0.929 bits per heavy atom. The number of amides is 2. The minimum Gasteiger partial charge on any atom is -0.494 e. The molecule has 150 valence electrons. The summed E-state index contributed by atoms with van der Waals surface area (Å²) in [6.45, 7) is 4.04. The van der Waals surface area contributed by atoms with Crippen LogP contribution in [0.1, 0.15) is 31.2 Å². The highest BCUT2D eigenvalue weighted by molar-refractivity contribution is 5.89. The van der Waals surface area contributed by atoms with Crippen LogP contribution < -0.4 is 15.4 Å². The molecule has 1 aliphatic heterocycles. The molecule has 0 spiro atoms. The van der Waals surface area contributed by atoms with E-state index in [0.29, 0.717) is 0 Å². The molecule has 2 N–H and O–H groups in total. The van der Waals surface area contributed by atoms with Crippen molar-refractivity contribution in [3.8, 4) is 5.75 Å². The van der Waals surface area contributed by atoms with E-state index in [2.05, 4.69) is 22.8 Å². The second-order valence-electron chi connectivity index (χ2n) is 7.19. The van der Waals surface area contributed by atoms with E-state index < -0.39 is 0 Å². The standard InChI is InChI=1S/C23H31N3O2/c27-23(26-17-15-24-16-18-26)25-21-13-11-20(12-14-21)8-4-1-2-7-19-28-22-9-5-3-6-10-22/h3,5-6,9-14,24H,1-2,4,7-8,15-19H2,(H,25,27). The molecule has 0 aromatic heterocycles. The molecule has 0 bridgehead atoms. The monoisotopic (exact) mass is 381 g/mol. The first-order valence-electron chi connectivity index (χ1n) is 10.3. The first kappa shape index (κ1) is 20.2. The van der Waals surface area contributed by atoms with E-state index >= 15 is 0 Å². The van der Waals surface area contributed by atoms with E-state index in [-0.39, 0.29) is 6.03 Å². The summed E-state index contributed by atoms with van der Waals surface area (Å²) in [5.41, 5.74) is 2.19. The number of ether oxygens (including phenoxy) is 1. The number of unbranched alkanes of at least 4 members (excludes halogenated alkanes) is 3. The number of piperazine rings is 1. The second-order valence-corrected chi connectivity index (χ2v) is 7.19. The third-order valence-electron chi connectivity index (χ3n) is 4.98. The quantitative estimate of drug-likeness (QED) is 0.637. The molecule has 1 aliphatic rings. The van der Waals surface area contributed by atoms with E-state index in [4.69, 9.17) is 4.74 Å². The fourth-order valence-electron chi connectivity index (χ4n) is 3.32. The number of urea groups is 1. The largest absolute Gasteiger partial charge is 0.494 e. The summed E-state index contributed by atoms with van der Waals surface area (Å²) < 4.78 is 5.72. The number of aryl methyl sites for hydroxylation is 1. The summed E-state index contributed by atoms with van der Waals surface area (Å²) in [7, 11) is 0. The van der Waals surface area contributed by atoms with Crippen LogP contribution in [0.2, 0.25) is 0 Å². The van der Waals surface area contributed by atoms with Crippen LogP contribution in [-0.2, 0) is 6.42 Å². The third kappa shape index (κ3) is 6.89. The molecular formula is C23H31N3O2. The summed E-state index contributed by atoms with van der Waals surface area (Å²) in [6, 6.07) is 18.2. The molecule has 1 fully saturated rings. The van der Waals surface area contributed by atoms with Crippen LogP contribution in [0.25, 0.3) is 0 Å². The predicted molar refractivity (Wildman–Crippen MR) is 114 cm³/mol. The highest BCUT2D eigenvalue weighted by Gasteiger charge is 2.15. The van der Waals surface area contributed by atoms with E-state index in [0.717, 1.165) is 57.1 Å². The number of para-hydroxylation sites is 1. The van der Waals surface area contributed by atoms with Crippen molar-refractivity contribution in [2.75, 3.05) is 38.1 Å². The minimum atomic E-state index is -0.00743. The lowest BCUT2D eigenvalue weighted by Gasteiger charge is -2.27. The molecule has 1 heterocycles. The van der Waals surface area contributed by atoms with Gasteiger partial charge in [-0.1, -0.05) is 43.2 Å². The Hall–Kier alpha value is -2.53. The van der Waals surface area contributed by atoms with Crippen molar-refractivity contribution in [2.24, 2.45) is 0 Å². The summed E-state index contributed by atoms with van der Waals surface area (Å²) in [4.78, 5) is 14.1. The van der Waals surface area contributed by atoms with Gasteiger partial charge in [-0.05, 0) is 49.1 Å². The Morgan fingerprint density at radius 3 is 2.39 bits per heavy atom. The zero-order valence-electron chi connectivity index (χ0n) is 16.5. The summed E-state index contributed by atoms with van der Waals surface area (Å²) in [6.07, 6.45) is 5.74. The van der Waals surface area contributed by atoms with Gasteiger partial charge >= 0.3 is 6.03 Å². The summed E-state index contributed by atoms with van der Waals surface area (Å²) >= 11 is 0. The highest BCUT2D eigenvalue weighted by Crippen LogP contribution is 2.14. The molecule has 0 saturated carbocycles. The maximum atomic E-state index is 12.2. The van der Waals surface area contributed by atoms with Crippen LogP contribution in [0.15, 0.2) is 54.6 Å². The SMILES string of the molecule is O=C(Nc1ccc(CCCCCCOc2ccccc2)cc1)N1CCNCC1. The maximum absolute atomic E-state index is 12.2. The molecule has 1 saturated heterocycles. The lowest BCUT2D eigenvalue weighted by atomic mass is 10.1. The zero-order chi connectivity index (χ0) is 19.4. The molecule has 3 rings (SSSR count). The first-order chi connectivity index (χ1) is 13.8. The average Bonchev–Trinajstić information content (AvgIpc) is 2.75. The first-order valence-corrected chi connectivity index (χ1v) is 10.3. The molecular weight excluding hydrogens is 350 g/mol. The van der Waals surface area contributed by atoms with Gasteiger partial charge in [0, 0.05) is 31.9 Å². The molecule has 0 aliphatic carbocycles. The van der Waals surface area contributed by atoms with Gasteiger partial charge in [0.05, 0.1) is 6.61 Å². The molecule has 2 aromatic carbocycles. The smallest absolute Gasteiger partial charge is 0.321 e. The fraction of sp³-hybridized carbons (Fsp3) is 0.435. The number of benzene rings is 2. The number of hydrogen-bond donors (Lipinski definition) is 2. The van der Waals surface area contributed by atoms with Gasteiger partial charge < -0.3 is 20.3 Å².